The van der Waals surface area contributed by atoms with Crippen LogP contribution in [0.4, 0.5) is 0 Å². The van der Waals surface area contributed by atoms with E-state index in [2.05, 4.69) is 18.4 Å². The van der Waals surface area contributed by atoms with Gasteiger partial charge in [-0.15, -0.1) is 4.21 Å². The summed E-state index contributed by atoms with van der Waals surface area (Å²) in [5, 5.41) is 1.88. The fourth-order valence-electron chi connectivity index (χ4n) is 0. The molecule has 0 aliphatic rings. The van der Waals surface area contributed by atoms with E-state index in [1.54, 1.807) is 23.8 Å². The van der Waals surface area contributed by atoms with E-state index in [4.69, 9.17) is 0 Å². The molecule has 0 radical (unpaired) electrons. The molecule has 0 aromatic heterocycles. The SMILES string of the molecule is CN(C)[N+](=P)P.C[Si](C)(C)[O-]. The summed E-state index contributed by atoms with van der Waals surface area (Å²) in [6.07, 6.45) is 0. The Labute approximate surface area is 75.1 Å². The average molecular weight is 212 g/mol. The van der Waals surface area contributed by atoms with Crippen molar-refractivity contribution in [3.05, 3.63) is 0 Å². The van der Waals surface area contributed by atoms with Crippen molar-refractivity contribution in [2.75, 3.05) is 14.1 Å². The summed E-state index contributed by atoms with van der Waals surface area (Å²) in [5.74, 6) is 0. The van der Waals surface area contributed by atoms with E-state index in [1.807, 2.05) is 19.1 Å². The maximum atomic E-state index is 10.2. The highest BCUT2D eigenvalue weighted by Crippen LogP contribution is 1.90. The molecular formula is C5H18N2OP2Si. The van der Waals surface area contributed by atoms with E-state index in [-0.39, 0.29) is 0 Å². The van der Waals surface area contributed by atoms with Gasteiger partial charge >= 0.3 is 0 Å². The quantitative estimate of drug-likeness (QED) is 0.365. The summed E-state index contributed by atoms with van der Waals surface area (Å²) >= 11 is 0. The molecule has 0 aliphatic heterocycles. The number of hydrogen-bond acceptors (Lipinski definition) is 1. The number of nitrogens with zero attached hydrogens (tertiary/aromatic N) is 2. The molecular weight excluding hydrogens is 194 g/mol. The number of hydrogen-bond donors (Lipinski definition) is 0. The fourth-order valence-corrected chi connectivity index (χ4v) is 0. The second-order valence-corrected chi connectivity index (χ2v) is 8.99. The van der Waals surface area contributed by atoms with Crippen LogP contribution in [-0.2, 0) is 0 Å². The van der Waals surface area contributed by atoms with Crippen molar-refractivity contribution >= 4 is 26.7 Å². The summed E-state index contributed by atoms with van der Waals surface area (Å²) in [6, 6.07) is 0. The van der Waals surface area contributed by atoms with Crippen LogP contribution in [0.15, 0.2) is 0 Å². The largest absolute Gasteiger partial charge is 0.859 e. The van der Waals surface area contributed by atoms with Gasteiger partial charge in [0.2, 0.25) is 9.03 Å². The maximum Gasteiger partial charge on any atom is 0.216 e. The van der Waals surface area contributed by atoms with Crippen LogP contribution in [0.25, 0.3) is 0 Å². The molecule has 11 heavy (non-hydrogen) atoms. The molecule has 0 aromatic carbocycles. The van der Waals surface area contributed by atoms with E-state index in [9.17, 15) is 4.80 Å². The third-order valence-electron chi connectivity index (χ3n) is 0.431. The lowest BCUT2D eigenvalue weighted by molar-refractivity contribution is -0.515. The van der Waals surface area contributed by atoms with Crippen molar-refractivity contribution in [3.63, 3.8) is 0 Å². The number of rotatable bonds is 1. The van der Waals surface area contributed by atoms with Gasteiger partial charge in [0.05, 0.1) is 0 Å². The second kappa shape index (κ2) is 6.21. The molecule has 0 N–H and O–H groups in total. The molecule has 0 saturated heterocycles. The van der Waals surface area contributed by atoms with Gasteiger partial charge in [0, 0.05) is 14.1 Å². The van der Waals surface area contributed by atoms with Crippen LogP contribution >= 0.6 is 18.4 Å². The van der Waals surface area contributed by atoms with Crippen LogP contribution in [-0.4, -0.2) is 31.6 Å². The molecule has 1 unspecified atom stereocenters. The summed E-state index contributed by atoms with van der Waals surface area (Å²) in [6.45, 7) is 5.31. The Kier molecular flexibility index (Phi) is 8.02. The molecule has 0 rings (SSSR count). The van der Waals surface area contributed by atoms with Crippen molar-refractivity contribution in [1.29, 1.82) is 0 Å². The maximum absolute atomic E-state index is 10.2. The zero-order valence-corrected chi connectivity index (χ0v) is 11.0. The Hall–Kier alpha value is 0.667. The van der Waals surface area contributed by atoms with Gasteiger partial charge < -0.3 is 4.80 Å². The lowest BCUT2D eigenvalue weighted by Gasteiger charge is -2.21. The number of hydrazine groups is 1. The third kappa shape index (κ3) is 36.8. The van der Waals surface area contributed by atoms with Gasteiger partial charge in [-0.25, -0.2) is 0 Å². The molecule has 0 bridgehead atoms. The zero-order valence-electron chi connectivity index (χ0n) is 7.88. The first-order valence-corrected chi connectivity index (χ1v) is 7.65. The van der Waals surface area contributed by atoms with Gasteiger partial charge in [-0.2, -0.15) is 0 Å². The molecule has 68 valence electrons. The molecule has 0 heterocycles. The first kappa shape index (κ1) is 14.2. The standard InChI is InChI=1S/C3H9OSi.C2H9N2P2/c1-5(2,3)4;1-3(2)4(5)6/h1-3H3;5H,6H2,1-2H3/q-1;+1. The Morgan fingerprint density at radius 2 is 1.45 bits per heavy atom. The average Bonchev–Trinajstić information content (AvgIpc) is 1.59. The van der Waals surface area contributed by atoms with E-state index in [0.717, 1.165) is 0 Å². The van der Waals surface area contributed by atoms with Crippen molar-refractivity contribution in [2.45, 2.75) is 19.6 Å². The minimum Gasteiger partial charge on any atom is -0.859 e. The normalized spacial score (nSPS) is 10.5. The first-order chi connectivity index (χ1) is 4.64. The predicted octanol–water partition coefficient (Wildman–Crippen LogP) is 0.774. The molecule has 0 fully saturated rings. The van der Waals surface area contributed by atoms with Crippen LogP contribution in [0.2, 0.25) is 19.6 Å². The van der Waals surface area contributed by atoms with Crippen LogP contribution in [0, 0.1) is 0 Å². The van der Waals surface area contributed by atoms with Gasteiger partial charge in [-0.05, 0) is 0 Å². The molecule has 0 amide bonds. The predicted molar refractivity (Wildman–Crippen MR) is 55.3 cm³/mol. The topological polar surface area (TPSA) is 29.3 Å². The lowest BCUT2D eigenvalue weighted by atomic mass is 11.2. The van der Waals surface area contributed by atoms with Gasteiger partial charge in [0.15, 0.2) is 9.39 Å². The minimum atomic E-state index is -1.86. The van der Waals surface area contributed by atoms with Gasteiger partial charge in [-0.3, -0.25) is 0 Å². The third-order valence-corrected chi connectivity index (χ3v) is 1.29. The van der Waals surface area contributed by atoms with Crippen molar-refractivity contribution in [2.24, 2.45) is 0 Å². The molecule has 0 spiro atoms. The Balaban J connectivity index is 0. The molecule has 0 aliphatic carbocycles. The molecule has 3 nitrogen and oxygen atoms in total. The highest BCUT2D eigenvalue weighted by molar-refractivity contribution is 7.15. The van der Waals surface area contributed by atoms with Crippen LogP contribution in [0.3, 0.4) is 0 Å². The van der Waals surface area contributed by atoms with Crippen molar-refractivity contribution < 1.29 is 9.00 Å². The lowest BCUT2D eigenvalue weighted by Crippen LogP contribution is -2.38. The van der Waals surface area contributed by atoms with Crippen molar-refractivity contribution in [3.8, 4) is 0 Å². The Bertz CT molecular complexity index is 118. The van der Waals surface area contributed by atoms with E-state index >= 15 is 0 Å². The Morgan fingerprint density at radius 3 is 1.45 bits per heavy atom. The highest BCUT2D eigenvalue weighted by Gasteiger charge is 1.89. The summed E-state index contributed by atoms with van der Waals surface area (Å²) < 4.78 is 1.72. The molecule has 6 heteroatoms. The Morgan fingerprint density at radius 1 is 1.36 bits per heavy atom. The van der Waals surface area contributed by atoms with Crippen LogP contribution in [0.5, 0.6) is 0 Å². The monoisotopic (exact) mass is 212 g/mol. The van der Waals surface area contributed by atoms with E-state index < -0.39 is 8.32 Å². The highest BCUT2D eigenvalue weighted by atomic mass is 31.1. The summed E-state index contributed by atoms with van der Waals surface area (Å²) in [4.78, 5) is 10.2. The molecule has 0 aromatic rings. The van der Waals surface area contributed by atoms with E-state index in [0.29, 0.717) is 0 Å². The van der Waals surface area contributed by atoms with Gasteiger partial charge in [0.1, 0.15) is 0 Å². The fraction of sp³-hybridized carbons (Fsp3) is 1.00. The van der Waals surface area contributed by atoms with Crippen LogP contribution < -0.4 is 4.80 Å². The smallest absolute Gasteiger partial charge is 0.216 e. The molecule has 1 atom stereocenters. The van der Waals surface area contributed by atoms with Gasteiger partial charge in [-0.1, -0.05) is 33.0 Å². The first-order valence-electron chi connectivity index (χ1n) is 3.28. The minimum absolute atomic E-state index is 1.72. The van der Waals surface area contributed by atoms with Crippen LogP contribution in [0.1, 0.15) is 0 Å². The molecule has 0 saturated carbocycles. The summed E-state index contributed by atoms with van der Waals surface area (Å²) in [7, 11) is 7.65. The summed E-state index contributed by atoms with van der Waals surface area (Å²) in [5.41, 5.74) is 0. The van der Waals surface area contributed by atoms with Crippen molar-refractivity contribution in [1.82, 2.24) is 5.01 Å². The van der Waals surface area contributed by atoms with Gasteiger partial charge in [0.25, 0.3) is 0 Å². The second-order valence-electron chi connectivity index (χ2n) is 3.30. The van der Waals surface area contributed by atoms with E-state index in [1.165, 1.54) is 0 Å². The zero-order chi connectivity index (χ0) is 9.65.